The molecule has 0 heterocycles. The van der Waals surface area contributed by atoms with Crippen molar-refractivity contribution in [1.82, 2.24) is 0 Å². The highest BCUT2D eigenvalue weighted by Crippen LogP contribution is 2.50. The fourth-order valence-electron chi connectivity index (χ4n) is 1.06. The minimum Gasteiger partial charge on any atom is -0.420 e. The normalized spacial score (nSPS) is 13.5. The van der Waals surface area contributed by atoms with E-state index in [1.807, 2.05) is 6.92 Å². The SMILES string of the molecule is CCCCO[P@](=O)(N=[N+]=[N-])Oc1ccccc1. The lowest BCUT2D eigenvalue weighted by Crippen LogP contribution is -1.97. The largest absolute Gasteiger partial charge is 0.470 e. The van der Waals surface area contributed by atoms with Crippen molar-refractivity contribution in [3.05, 3.63) is 40.8 Å². The standard InChI is InChI=1S/C10H14N3O3P/c1-2-3-9-15-17(14,13-12-11)16-10-7-5-4-6-8-10/h4-8H,2-3,9H2,1H3/t17-/m1/s1. The van der Waals surface area contributed by atoms with Crippen LogP contribution in [0.1, 0.15) is 19.8 Å². The van der Waals surface area contributed by atoms with E-state index in [2.05, 4.69) is 9.80 Å². The third-order valence-electron chi connectivity index (χ3n) is 1.87. The highest BCUT2D eigenvalue weighted by molar-refractivity contribution is 7.52. The van der Waals surface area contributed by atoms with Gasteiger partial charge in [-0.05, 0) is 24.1 Å². The molecule has 0 aliphatic rings. The topological polar surface area (TPSA) is 84.3 Å². The van der Waals surface area contributed by atoms with Gasteiger partial charge < -0.3 is 4.52 Å². The summed E-state index contributed by atoms with van der Waals surface area (Å²) in [5, 5.41) is 0. The second kappa shape index (κ2) is 6.97. The van der Waals surface area contributed by atoms with Crippen LogP contribution in [-0.4, -0.2) is 6.61 Å². The predicted octanol–water partition coefficient (Wildman–Crippen LogP) is 4.30. The summed E-state index contributed by atoms with van der Waals surface area (Å²) >= 11 is 0. The molecule has 0 N–H and O–H groups in total. The Morgan fingerprint density at radius 2 is 2.12 bits per heavy atom. The number of hydrogen-bond acceptors (Lipinski definition) is 3. The molecule has 0 spiro atoms. The number of azide groups is 1. The average molecular weight is 255 g/mol. The monoisotopic (exact) mass is 255 g/mol. The van der Waals surface area contributed by atoms with Crippen LogP contribution < -0.4 is 4.52 Å². The number of para-hydroxylation sites is 1. The molecular formula is C10H14N3O3P. The summed E-state index contributed by atoms with van der Waals surface area (Å²) in [6.07, 6.45) is 1.62. The smallest absolute Gasteiger partial charge is 0.420 e. The van der Waals surface area contributed by atoms with Crippen molar-refractivity contribution in [1.29, 1.82) is 0 Å². The molecule has 0 amide bonds. The van der Waals surface area contributed by atoms with Crippen LogP contribution >= 0.6 is 7.75 Å². The van der Waals surface area contributed by atoms with Crippen LogP contribution in [0.3, 0.4) is 0 Å². The Labute approximate surface area is 99.8 Å². The molecule has 1 rings (SSSR count). The zero-order valence-corrected chi connectivity index (χ0v) is 10.4. The highest BCUT2D eigenvalue weighted by atomic mass is 31.2. The first kappa shape index (κ1) is 13.6. The zero-order valence-electron chi connectivity index (χ0n) is 9.52. The molecular weight excluding hydrogens is 241 g/mol. The highest BCUT2D eigenvalue weighted by Gasteiger charge is 2.24. The number of unbranched alkanes of at least 4 members (excludes halogenated alkanes) is 1. The molecule has 0 saturated carbocycles. The first-order chi connectivity index (χ1) is 8.20. The zero-order chi connectivity index (χ0) is 12.6. The lowest BCUT2D eigenvalue weighted by atomic mass is 10.3. The van der Waals surface area contributed by atoms with Crippen LogP contribution in [-0.2, 0) is 9.09 Å². The first-order valence-corrected chi connectivity index (χ1v) is 6.75. The van der Waals surface area contributed by atoms with E-state index in [-0.39, 0.29) is 6.61 Å². The third-order valence-corrected chi connectivity index (χ3v) is 3.12. The van der Waals surface area contributed by atoms with Gasteiger partial charge in [-0.3, -0.25) is 4.52 Å². The van der Waals surface area contributed by atoms with Crippen LogP contribution in [0, 0.1) is 0 Å². The Hall–Kier alpha value is -1.48. The Morgan fingerprint density at radius 3 is 2.71 bits per heavy atom. The minimum atomic E-state index is -3.76. The molecule has 6 nitrogen and oxygen atoms in total. The molecule has 1 aromatic carbocycles. The van der Waals surface area contributed by atoms with Crippen molar-refractivity contribution >= 4 is 7.75 Å². The van der Waals surface area contributed by atoms with E-state index < -0.39 is 7.75 Å². The summed E-state index contributed by atoms with van der Waals surface area (Å²) in [4.78, 5) is 5.61. The van der Waals surface area contributed by atoms with E-state index in [9.17, 15) is 4.57 Å². The van der Waals surface area contributed by atoms with Gasteiger partial charge in [-0.1, -0.05) is 31.5 Å². The molecule has 0 fully saturated rings. The molecule has 0 aliphatic carbocycles. The van der Waals surface area contributed by atoms with Gasteiger partial charge in [-0.2, -0.15) is 0 Å². The molecule has 0 aliphatic heterocycles. The lowest BCUT2D eigenvalue weighted by Gasteiger charge is -2.13. The maximum atomic E-state index is 12.0. The van der Waals surface area contributed by atoms with Crippen molar-refractivity contribution in [3.8, 4) is 5.75 Å². The van der Waals surface area contributed by atoms with E-state index >= 15 is 0 Å². The molecule has 1 aromatic rings. The van der Waals surface area contributed by atoms with Crippen LogP contribution in [0.4, 0.5) is 0 Å². The fraction of sp³-hybridized carbons (Fsp3) is 0.400. The molecule has 17 heavy (non-hydrogen) atoms. The van der Waals surface area contributed by atoms with Gasteiger partial charge in [0, 0.05) is 9.80 Å². The molecule has 0 saturated heterocycles. The van der Waals surface area contributed by atoms with Crippen LogP contribution in [0.2, 0.25) is 0 Å². The second-order valence-electron chi connectivity index (χ2n) is 3.24. The fourth-order valence-corrected chi connectivity index (χ4v) is 2.05. The van der Waals surface area contributed by atoms with E-state index in [4.69, 9.17) is 14.6 Å². The van der Waals surface area contributed by atoms with Crippen molar-refractivity contribution < 1.29 is 13.6 Å². The summed E-state index contributed by atoms with van der Waals surface area (Å²) < 4.78 is 22.1. The number of rotatable bonds is 7. The van der Waals surface area contributed by atoms with Gasteiger partial charge in [-0.15, -0.1) is 0 Å². The quantitative estimate of drug-likeness (QED) is 0.239. The van der Waals surface area contributed by atoms with Gasteiger partial charge in [0.2, 0.25) is 0 Å². The summed E-state index contributed by atoms with van der Waals surface area (Å²) in [6, 6.07) is 8.47. The Morgan fingerprint density at radius 1 is 1.41 bits per heavy atom. The van der Waals surface area contributed by atoms with Gasteiger partial charge in [0.05, 0.1) is 6.61 Å². The molecule has 92 valence electrons. The summed E-state index contributed by atoms with van der Waals surface area (Å²) in [5.41, 5.74) is 8.36. The number of benzene rings is 1. The van der Waals surface area contributed by atoms with Gasteiger partial charge in [0.1, 0.15) is 5.75 Å². The molecule has 1 atom stereocenters. The van der Waals surface area contributed by atoms with Crippen molar-refractivity contribution in [2.75, 3.05) is 6.61 Å². The minimum absolute atomic E-state index is 0.236. The van der Waals surface area contributed by atoms with Gasteiger partial charge in [-0.25, -0.2) is 4.57 Å². The van der Waals surface area contributed by atoms with E-state index in [1.165, 1.54) is 0 Å². The maximum absolute atomic E-state index is 12.0. The molecule has 0 bridgehead atoms. The maximum Gasteiger partial charge on any atom is 0.470 e. The van der Waals surface area contributed by atoms with Crippen molar-refractivity contribution in [2.24, 2.45) is 4.88 Å². The van der Waals surface area contributed by atoms with Gasteiger partial charge in [0.15, 0.2) is 0 Å². The van der Waals surface area contributed by atoms with Gasteiger partial charge in [0.25, 0.3) is 0 Å². The lowest BCUT2D eigenvalue weighted by molar-refractivity contribution is 0.260. The van der Waals surface area contributed by atoms with E-state index in [0.717, 1.165) is 12.8 Å². The second-order valence-corrected chi connectivity index (χ2v) is 4.80. The Bertz CT molecular complexity index is 432. The van der Waals surface area contributed by atoms with Crippen LogP contribution in [0.5, 0.6) is 5.75 Å². The predicted molar refractivity (Wildman–Crippen MR) is 64.7 cm³/mol. The molecule has 7 heteroatoms. The summed E-state index contributed by atoms with van der Waals surface area (Å²) in [7, 11) is -3.76. The van der Waals surface area contributed by atoms with E-state index in [0.29, 0.717) is 5.75 Å². The first-order valence-electron chi connectivity index (χ1n) is 5.26. The molecule has 0 aromatic heterocycles. The van der Waals surface area contributed by atoms with Gasteiger partial charge >= 0.3 is 7.75 Å². The Kier molecular flexibility index (Phi) is 5.57. The summed E-state index contributed by atoms with van der Waals surface area (Å²) in [6.45, 7) is 2.21. The third kappa shape index (κ3) is 4.91. The van der Waals surface area contributed by atoms with Crippen LogP contribution in [0.15, 0.2) is 35.2 Å². The van der Waals surface area contributed by atoms with E-state index in [1.54, 1.807) is 30.3 Å². The van der Waals surface area contributed by atoms with Crippen molar-refractivity contribution in [3.63, 3.8) is 0 Å². The number of nitrogens with zero attached hydrogens (tertiary/aromatic N) is 3. The van der Waals surface area contributed by atoms with Crippen LogP contribution in [0.25, 0.3) is 10.4 Å². The molecule has 0 radical (unpaired) electrons. The number of hydrogen-bond donors (Lipinski definition) is 0. The Balaban J connectivity index is 2.71. The molecule has 0 unspecified atom stereocenters. The van der Waals surface area contributed by atoms with Crippen molar-refractivity contribution in [2.45, 2.75) is 19.8 Å². The summed E-state index contributed by atoms with van der Waals surface area (Å²) in [5.74, 6) is 0.347. The average Bonchev–Trinajstić information content (AvgIpc) is 2.31.